The highest BCUT2D eigenvalue weighted by atomic mass is 19.1. The van der Waals surface area contributed by atoms with Crippen LogP contribution in [0.15, 0.2) is 36.7 Å². The van der Waals surface area contributed by atoms with Crippen molar-refractivity contribution in [2.24, 2.45) is 0 Å². The lowest BCUT2D eigenvalue weighted by molar-refractivity contribution is 0.194. The Balaban J connectivity index is 1.54. The first kappa shape index (κ1) is 15.2. The van der Waals surface area contributed by atoms with Crippen LogP contribution < -0.4 is 5.32 Å². The summed E-state index contributed by atoms with van der Waals surface area (Å²) in [6.45, 7) is 3.91. The number of nitrogens with one attached hydrogen (secondary N) is 1. The van der Waals surface area contributed by atoms with Gasteiger partial charge in [-0.05, 0) is 50.7 Å². The lowest BCUT2D eigenvalue weighted by atomic mass is 10.1. The Labute approximate surface area is 130 Å². The second kappa shape index (κ2) is 7.03. The highest BCUT2D eigenvalue weighted by molar-refractivity contribution is 5.16. The van der Waals surface area contributed by atoms with Gasteiger partial charge in [0.1, 0.15) is 5.82 Å². The van der Waals surface area contributed by atoms with Gasteiger partial charge in [0.15, 0.2) is 0 Å². The zero-order valence-corrected chi connectivity index (χ0v) is 13.0. The molecule has 3 rings (SSSR count). The standard InChI is InChI=1S/C17H23FN4/c1-19-17-6-8-21(9-7-17)11-15-10-20-22(13-15)12-14-2-4-16(18)5-3-14/h2-5,10,13,17,19H,6-9,11-12H2,1H3. The number of piperidine rings is 1. The summed E-state index contributed by atoms with van der Waals surface area (Å²) < 4.78 is 14.8. The van der Waals surface area contributed by atoms with Crippen LogP contribution in [0.5, 0.6) is 0 Å². The SMILES string of the molecule is CNC1CCN(Cc2cnn(Cc3ccc(F)cc3)c2)CC1. The van der Waals surface area contributed by atoms with Crippen molar-refractivity contribution in [3.05, 3.63) is 53.6 Å². The normalized spacial score (nSPS) is 17.0. The highest BCUT2D eigenvalue weighted by Crippen LogP contribution is 2.14. The molecule has 2 heterocycles. The van der Waals surface area contributed by atoms with Crippen molar-refractivity contribution in [3.8, 4) is 0 Å². The van der Waals surface area contributed by atoms with Crippen LogP contribution in [0, 0.1) is 5.82 Å². The smallest absolute Gasteiger partial charge is 0.123 e. The average Bonchev–Trinajstić information content (AvgIpc) is 2.97. The Hall–Kier alpha value is -1.72. The molecule has 0 unspecified atom stereocenters. The van der Waals surface area contributed by atoms with Crippen LogP contribution >= 0.6 is 0 Å². The van der Waals surface area contributed by atoms with E-state index in [0.29, 0.717) is 12.6 Å². The molecule has 118 valence electrons. The molecule has 1 aliphatic rings. The summed E-state index contributed by atoms with van der Waals surface area (Å²) in [7, 11) is 2.04. The van der Waals surface area contributed by atoms with E-state index in [1.54, 1.807) is 12.1 Å². The molecule has 0 spiro atoms. The Morgan fingerprint density at radius 2 is 1.86 bits per heavy atom. The minimum absolute atomic E-state index is 0.199. The molecule has 0 bridgehead atoms. The molecule has 0 amide bonds. The minimum atomic E-state index is -0.199. The molecular weight excluding hydrogens is 279 g/mol. The monoisotopic (exact) mass is 302 g/mol. The van der Waals surface area contributed by atoms with E-state index in [1.807, 2.05) is 17.9 Å². The summed E-state index contributed by atoms with van der Waals surface area (Å²) in [5, 5.41) is 7.77. The van der Waals surface area contributed by atoms with Crippen molar-refractivity contribution in [1.29, 1.82) is 0 Å². The Morgan fingerprint density at radius 1 is 1.14 bits per heavy atom. The van der Waals surface area contributed by atoms with E-state index >= 15 is 0 Å². The van der Waals surface area contributed by atoms with Gasteiger partial charge in [0.25, 0.3) is 0 Å². The largest absolute Gasteiger partial charge is 0.317 e. The molecule has 1 fully saturated rings. The Morgan fingerprint density at radius 3 is 2.55 bits per heavy atom. The first-order chi connectivity index (χ1) is 10.7. The van der Waals surface area contributed by atoms with E-state index in [1.165, 1.54) is 30.5 Å². The van der Waals surface area contributed by atoms with Crippen LogP contribution in [-0.2, 0) is 13.1 Å². The van der Waals surface area contributed by atoms with Crippen molar-refractivity contribution in [1.82, 2.24) is 20.0 Å². The number of aromatic nitrogens is 2. The molecule has 2 aromatic rings. The number of hydrogen-bond donors (Lipinski definition) is 1. The molecule has 4 nitrogen and oxygen atoms in total. The molecule has 1 aliphatic heterocycles. The number of nitrogens with zero attached hydrogens (tertiary/aromatic N) is 3. The number of benzene rings is 1. The van der Waals surface area contributed by atoms with E-state index in [4.69, 9.17) is 0 Å². The molecule has 1 saturated heterocycles. The predicted molar refractivity (Wildman–Crippen MR) is 85.1 cm³/mol. The van der Waals surface area contributed by atoms with Crippen molar-refractivity contribution in [2.75, 3.05) is 20.1 Å². The van der Waals surface area contributed by atoms with Crippen molar-refractivity contribution in [2.45, 2.75) is 32.0 Å². The molecule has 0 atom stereocenters. The van der Waals surface area contributed by atoms with Gasteiger partial charge in [0.2, 0.25) is 0 Å². The lowest BCUT2D eigenvalue weighted by Crippen LogP contribution is -2.40. The number of rotatable bonds is 5. The fraction of sp³-hybridized carbons (Fsp3) is 0.471. The van der Waals surface area contributed by atoms with Gasteiger partial charge in [-0.3, -0.25) is 9.58 Å². The van der Waals surface area contributed by atoms with Gasteiger partial charge in [-0.25, -0.2) is 4.39 Å². The summed E-state index contributed by atoms with van der Waals surface area (Å²) in [4.78, 5) is 2.48. The maximum Gasteiger partial charge on any atom is 0.123 e. The van der Waals surface area contributed by atoms with Crippen LogP contribution in [0.25, 0.3) is 0 Å². The van der Waals surface area contributed by atoms with E-state index in [0.717, 1.165) is 25.2 Å². The Bertz CT molecular complexity index is 585. The van der Waals surface area contributed by atoms with Crippen LogP contribution in [0.2, 0.25) is 0 Å². The van der Waals surface area contributed by atoms with E-state index in [2.05, 4.69) is 21.5 Å². The summed E-state index contributed by atoms with van der Waals surface area (Å²) in [5.74, 6) is -0.199. The second-order valence-electron chi connectivity index (χ2n) is 6.01. The molecule has 0 saturated carbocycles. The van der Waals surface area contributed by atoms with E-state index < -0.39 is 0 Å². The van der Waals surface area contributed by atoms with Gasteiger partial charge in [-0.15, -0.1) is 0 Å². The predicted octanol–water partition coefficient (Wildman–Crippen LogP) is 2.25. The van der Waals surface area contributed by atoms with Crippen LogP contribution in [0.1, 0.15) is 24.0 Å². The average molecular weight is 302 g/mol. The first-order valence-corrected chi connectivity index (χ1v) is 7.88. The number of likely N-dealkylation sites (tertiary alicyclic amines) is 1. The number of halogens is 1. The number of hydrogen-bond acceptors (Lipinski definition) is 3. The summed E-state index contributed by atoms with van der Waals surface area (Å²) in [6, 6.07) is 7.26. The van der Waals surface area contributed by atoms with Gasteiger partial charge in [0.05, 0.1) is 12.7 Å². The molecule has 22 heavy (non-hydrogen) atoms. The maximum absolute atomic E-state index is 12.9. The van der Waals surface area contributed by atoms with Crippen molar-refractivity contribution < 1.29 is 4.39 Å². The minimum Gasteiger partial charge on any atom is -0.317 e. The zero-order valence-electron chi connectivity index (χ0n) is 13.0. The molecule has 0 radical (unpaired) electrons. The van der Waals surface area contributed by atoms with E-state index in [-0.39, 0.29) is 5.82 Å². The third-order valence-electron chi connectivity index (χ3n) is 4.35. The fourth-order valence-electron chi connectivity index (χ4n) is 2.99. The molecule has 1 aromatic heterocycles. The van der Waals surface area contributed by atoms with Crippen LogP contribution in [0.3, 0.4) is 0 Å². The maximum atomic E-state index is 12.9. The summed E-state index contributed by atoms with van der Waals surface area (Å²) >= 11 is 0. The van der Waals surface area contributed by atoms with Gasteiger partial charge >= 0.3 is 0 Å². The second-order valence-corrected chi connectivity index (χ2v) is 6.01. The zero-order chi connectivity index (χ0) is 15.4. The molecular formula is C17H23FN4. The van der Waals surface area contributed by atoms with Crippen LogP contribution in [0.4, 0.5) is 4.39 Å². The molecule has 0 aliphatic carbocycles. The van der Waals surface area contributed by atoms with Crippen molar-refractivity contribution >= 4 is 0 Å². The van der Waals surface area contributed by atoms with Crippen LogP contribution in [-0.4, -0.2) is 40.9 Å². The topological polar surface area (TPSA) is 33.1 Å². The van der Waals surface area contributed by atoms with Gasteiger partial charge in [0, 0.05) is 24.3 Å². The third kappa shape index (κ3) is 3.93. The molecule has 5 heteroatoms. The van der Waals surface area contributed by atoms with Crippen molar-refractivity contribution in [3.63, 3.8) is 0 Å². The molecule has 1 aromatic carbocycles. The summed E-state index contributed by atoms with van der Waals surface area (Å²) in [5.41, 5.74) is 2.30. The van der Waals surface area contributed by atoms with E-state index in [9.17, 15) is 4.39 Å². The fourth-order valence-corrected chi connectivity index (χ4v) is 2.99. The van der Waals surface area contributed by atoms with Gasteiger partial charge < -0.3 is 5.32 Å². The molecule has 1 N–H and O–H groups in total. The highest BCUT2D eigenvalue weighted by Gasteiger charge is 2.17. The Kier molecular flexibility index (Phi) is 4.85. The third-order valence-corrected chi connectivity index (χ3v) is 4.35. The quantitative estimate of drug-likeness (QED) is 0.919. The lowest BCUT2D eigenvalue weighted by Gasteiger charge is -2.31. The first-order valence-electron chi connectivity index (χ1n) is 7.88. The van der Waals surface area contributed by atoms with Gasteiger partial charge in [-0.2, -0.15) is 5.10 Å². The van der Waals surface area contributed by atoms with Gasteiger partial charge in [-0.1, -0.05) is 12.1 Å². The summed E-state index contributed by atoms with van der Waals surface area (Å²) in [6.07, 6.45) is 6.45.